The zero-order valence-corrected chi connectivity index (χ0v) is 13.0. The summed E-state index contributed by atoms with van der Waals surface area (Å²) in [6.07, 6.45) is 3.28. The van der Waals surface area contributed by atoms with Crippen molar-refractivity contribution in [1.29, 1.82) is 0 Å². The van der Waals surface area contributed by atoms with Gasteiger partial charge < -0.3 is 10.1 Å². The van der Waals surface area contributed by atoms with Crippen molar-refractivity contribution >= 4 is 5.91 Å². The lowest BCUT2D eigenvalue weighted by molar-refractivity contribution is -0.608. The SMILES string of the molecule is CC(C)CCN(CCC(C)C)C(=O)c1cccc[n+]1[O-]. The van der Waals surface area contributed by atoms with E-state index in [0.29, 0.717) is 29.7 Å². The van der Waals surface area contributed by atoms with Gasteiger partial charge >= 0.3 is 5.91 Å². The second-order valence-corrected chi connectivity index (χ2v) is 6.07. The highest BCUT2D eigenvalue weighted by Gasteiger charge is 2.22. The third-order valence-electron chi connectivity index (χ3n) is 3.28. The molecule has 1 aromatic heterocycles. The Labute approximate surface area is 122 Å². The van der Waals surface area contributed by atoms with E-state index in [-0.39, 0.29) is 11.6 Å². The van der Waals surface area contributed by atoms with E-state index in [0.717, 1.165) is 12.8 Å². The lowest BCUT2D eigenvalue weighted by Crippen LogP contribution is -2.42. The van der Waals surface area contributed by atoms with Crippen LogP contribution in [0.3, 0.4) is 0 Å². The summed E-state index contributed by atoms with van der Waals surface area (Å²) in [4.78, 5) is 14.3. The first-order valence-corrected chi connectivity index (χ1v) is 7.39. The molecule has 4 nitrogen and oxygen atoms in total. The van der Waals surface area contributed by atoms with Crippen LogP contribution in [0.4, 0.5) is 0 Å². The molecule has 0 aliphatic carbocycles. The Morgan fingerprint density at radius 2 is 1.70 bits per heavy atom. The van der Waals surface area contributed by atoms with Gasteiger partial charge in [-0.05, 0) is 30.7 Å². The van der Waals surface area contributed by atoms with E-state index in [1.54, 1.807) is 18.2 Å². The van der Waals surface area contributed by atoms with Gasteiger partial charge in [-0.25, -0.2) is 0 Å². The van der Waals surface area contributed by atoms with Crippen LogP contribution in [0.15, 0.2) is 24.4 Å². The topological polar surface area (TPSA) is 47.2 Å². The molecule has 0 spiro atoms. The van der Waals surface area contributed by atoms with Gasteiger partial charge in [-0.3, -0.25) is 4.79 Å². The molecule has 0 atom stereocenters. The van der Waals surface area contributed by atoms with E-state index < -0.39 is 0 Å². The molecular formula is C16H26N2O2. The Morgan fingerprint density at radius 3 is 2.15 bits per heavy atom. The predicted octanol–water partition coefficient (Wildman–Crippen LogP) is 2.85. The number of rotatable bonds is 7. The van der Waals surface area contributed by atoms with Gasteiger partial charge in [-0.2, -0.15) is 4.73 Å². The molecule has 0 fully saturated rings. The quantitative estimate of drug-likeness (QED) is 0.569. The maximum absolute atomic E-state index is 12.5. The monoisotopic (exact) mass is 278 g/mol. The minimum atomic E-state index is -0.165. The highest BCUT2D eigenvalue weighted by molar-refractivity contribution is 5.90. The minimum absolute atomic E-state index is 0.165. The Kier molecular flexibility index (Phi) is 6.49. The van der Waals surface area contributed by atoms with E-state index in [9.17, 15) is 10.0 Å². The van der Waals surface area contributed by atoms with Crippen molar-refractivity contribution in [3.05, 3.63) is 35.3 Å². The molecule has 0 saturated carbocycles. The second kappa shape index (κ2) is 7.88. The zero-order valence-electron chi connectivity index (χ0n) is 13.0. The number of pyridine rings is 1. The van der Waals surface area contributed by atoms with Crippen molar-refractivity contribution < 1.29 is 9.52 Å². The predicted molar refractivity (Wildman–Crippen MR) is 80.2 cm³/mol. The fourth-order valence-corrected chi connectivity index (χ4v) is 1.90. The van der Waals surface area contributed by atoms with Crippen LogP contribution in [0.2, 0.25) is 0 Å². The highest BCUT2D eigenvalue weighted by atomic mass is 16.5. The molecule has 20 heavy (non-hydrogen) atoms. The fourth-order valence-electron chi connectivity index (χ4n) is 1.90. The summed E-state index contributed by atoms with van der Waals surface area (Å²) in [7, 11) is 0. The Hall–Kier alpha value is -1.58. The summed E-state index contributed by atoms with van der Waals surface area (Å²) < 4.78 is 0.653. The van der Waals surface area contributed by atoms with Crippen molar-refractivity contribution in [1.82, 2.24) is 4.90 Å². The van der Waals surface area contributed by atoms with Crippen LogP contribution in [0, 0.1) is 17.0 Å². The minimum Gasteiger partial charge on any atom is -0.618 e. The third-order valence-corrected chi connectivity index (χ3v) is 3.28. The smallest absolute Gasteiger partial charge is 0.319 e. The number of nitrogens with zero attached hydrogens (tertiary/aromatic N) is 2. The number of hydrogen-bond acceptors (Lipinski definition) is 2. The van der Waals surface area contributed by atoms with Gasteiger partial charge in [0.2, 0.25) is 0 Å². The molecule has 0 aliphatic rings. The maximum atomic E-state index is 12.5. The van der Waals surface area contributed by atoms with E-state index in [4.69, 9.17) is 0 Å². The van der Waals surface area contributed by atoms with Crippen LogP contribution in [0.5, 0.6) is 0 Å². The summed E-state index contributed by atoms with van der Waals surface area (Å²) in [5, 5.41) is 11.7. The highest BCUT2D eigenvalue weighted by Crippen LogP contribution is 2.09. The molecule has 1 heterocycles. The average molecular weight is 278 g/mol. The number of hydrogen-bond donors (Lipinski definition) is 0. The fraction of sp³-hybridized carbons (Fsp3) is 0.625. The van der Waals surface area contributed by atoms with Gasteiger partial charge in [0.25, 0.3) is 5.69 Å². The second-order valence-electron chi connectivity index (χ2n) is 6.07. The van der Waals surface area contributed by atoms with Gasteiger partial charge in [0.15, 0.2) is 6.20 Å². The van der Waals surface area contributed by atoms with Crippen LogP contribution < -0.4 is 4.73 Å². The number of aromatic nitrogens is 1. The summed E-state index contributed by atoms with van der Waals surface area (Å²) in [5.41, 5.74) is 0.208. The molecule has 1 aromatic rings. The molecule has 0 N–H and O–H groups in total. The summed E-state index contributed by atoms with van der Waals surface area (Å²) in [5.74, 6) is 0.917. The molecule has 112 valence electrons. The summed E-state index contributed by atoms with van der Waals surface area (Å²) >= 11 is 0. The zero-order chi connectivity index (χ0) is 15.1. The Morgan fingerprint density at radius 1 is 1.15 bits per heavy atom. The molecule has 0 saturated heterocycles. The number of carbonyl (C=O) groups excluding carboxylic acids is 1. The van der Waals surface area contributed by atoms with E-state index in [1.807, 2.05) is 4.90 Å². The Bertz CT molecular complexity index is 418. The molecule has 0 unspecified atom stereocenters. The third kappa shape index (κ3) is 5.19. The molecular weight excluding hydrogens is 252 g/mol. The first kappa shape index (κ1) is 16.5. The lowest BCUT2D eigenvalue weighted by Gasteiger charge is -2.23. The summed E-state index contributed by atoms with van der Waals surface area (Å²) in [6, 6.07) is 4.95. The maximum Gasteiger partial charge on any atom is 0.319 e. The standard InChI is InChI=1S/C16H26N2O2/c1-13(2)8-11-17(12-9-14(3)4)16(19)15-7-5-6-10-18(15)20/h5-7,10,13-14H,8-9,11-12H2,1-4H3. The van der Waals surface area contributed by atoms with Gasteiger partial charge in [0.1, 0.15) is 0 Å². The molecule has 4 heteroatoms. The van der Waals surface area contributed by atoms with Crippen molar-refractivity contribution in [3.63, 3.8) is 0 Å². The molecule has 0 aromatic carbocycles. The van der Waals surface area contributed by atoms with Crippen LogP contribution in [0.1, 0.15) is 51.0 Å². The van der Waals surface area contributed by atoms with Crippen molar-refractivity contribution in [2.45, 2.75) is 40.5 Å². The van der Waals surface area contributed by atoms with Crippen molar-refractivity contribution in [3.8, 4) is 0 Å². The molecule has 1 amide bonds. The van der Waals surface area contributed by atoms with E-state index in [1.165, 1.54) is 6.20 Å². The summed E-state index contributed by atoms with van der Waals surface area (Å²) in [6.45, 7) is 9.97. The number of carbonyl (C=O) groups is 1. The largest absolute Gasteiger partial charge is 0.618 e. The first-order valence-electron chi connectivity index (χ1n) is 7.39. The van der Waals surface area contributed by atoms with E-state index >= 15 is 0 Å². The van der Waals surface area contributed by atoms with Crippen LogP contribution in [-0.2, 0) is 0 Å². The molecule has 0 aliphatic heterocycles. The van der Waals surface area contributed by atoms with Gasteiger partial charge in [-0.15, -0.1) is 0 Å². The normalized spacial score (nSPS) is 11.1. The van der Waals surface area contributed by atoms with Crippen molar-refractivity contribution in [2.75, 3.05) is 13.1 Å². The molecule has 1 rings (SSSR count). The van der Waals surface area contributed by atoms with Gasteiger partial charge in [-0.1, -0.05) is 27.7 Å². The molecule has 0 bridgehead atoms. The number of amides is 1. The van der Waals surface area contributed by atoms with Gasteiger partial charge in [0.05, 0.1) is 0 Å². The van der Waals surface area contributed by atoms with Gasteiger partial charge in [0, 0.05) is 25.2 Å². The van der Waals surface area contributed by atoms with Crippen LogP contribution >= 0.6 is 0 Å². The lowest BCUT2D eigenvalue weighted by atomic mass is 10.1. The van der Waals surface area contributed by atoms with Crippen LogP contribution in [-0.4, -0.2) is 23.9 Å². The van der Waals surface area contributed by atoms with Crippen molar-refractivity contribution in [2.24, 2.45) is 11.8 Å². The van der Waals surface area contributed by atoms with E-state index in [2.05, 4.69) is 27.7 Å². The first-order chi connectivity index (χ1) is 9.41. The molecule has 0 radical (unpaired) electrons. The van der Waals surface area contributed by atoms with Crippen LogP contribution in [0.25, 0.3) is 0 Å². The Balaban J connectivity index is 2.80. The average Bonchev–Trinajstić information content (AvgIpc) is 2.38.